The molecule has 1 aromatic carbocycles. The smallest absolute Gasteiger partial charge is 0.337 e. The lowest BCUT2D eigenvalue weighted by Crippen LogP contribution is -2.30. The summed E-state index contributed by atoms with van der Waals surface area (Å²) in [4.78, 5) is 11.5. The van der Waals surface area contributed by atoms with Crippen LogP contribution in [0.25, 0.3) is 0 Å². The molecule has 110 valence electrons. The molecule has 0 radical (unpaired) electrons. The standard InChI is InChI=1S/C15H22N2O2S/c1-10(2)7-8-16-15(20)17-13-9-12(14(18)19-4)6-5-11(13)3/h5-6,9-10H,7-8H2,1-4H3,(H2,16,17,20). The molecule has 0 heterocycles. The lowest BCUT2D eigenvalue weighted by Gasteiger charge is -2.14. The average Bonchev–Trinajstić information content (AvgIpc) is 2.40. The predicted octanol–water partition coefficient (Wildman–Crippen LogP) is 3.11. The van der Waals surface area contributed by atoms with Crippen molar-refractivity contribution >= 4 is 29.0 Å². The van der Waals surface area contributed by atoms with Crippen LogP contribution in [0.2, 0.25) is 0 Å². The number of hydrogen-bond donors (Lipinski definition) is 2. The highest BCUT2D eigenvalue weighted by Crippen LogP contribution is 2.17. The number of anilines is 1. The summed E-state index contributed by atoms with van der Waals surface area (Å²) in [6.07, 6.45) is 1.06. The highest BCUT2D eigenvalue weighted by molar-refractivity contribution is 7.80. The van der Waals surface area contributed by atoms with Crippen molar-refractivity contribution in [2.75, 3.05) is 19.0 Å². The normalized spacial score (nSPS) is 10.2. The number of carbonyl (C=O) groups excluding carboxylic acids is 1. The summed E-state index contributed by atoms with van der Waals surface area (Å²) < 4.78 is 4.71. The zero-order valence-electron chi connectivity index (χ0n) is 12.4. The number of carbonyl (C=O) groups is 1. The van der Waals surface area contributed by atoms with Crippen LogP contribution in [0, 0.1) is 12.8 Å². The maximum absolute atomic E-state index is 11.5. The van der Waals surface area contributed by atoms with E-state index < -0.39 is 0 Å². The van der Waals surface area contributed by atoms with Crippen LogP contribution in [0.4, 0.5) is 5.69 Å². The molecule has 0 atom stereocenters. The van der Waals surface area contributed by atoms with Crippen LogP contribution in [0.15, 0.2) is 18.2 Å². The molecule has 0 aromatic heterocycles. The van der Waals surface area contributed by atoms with Crippen molar-refractivity contribution in [2.45, 2.75) is 27.2 Å². The first-order valence-electron chi connectivity index (χ1n) is 6.68. The fraction of sp³-hybridized carbons (Fsp3) is 0.467. The van der Waals surface area contributed by atoms with Gasteiger partial charge in [0.25, 0.3) is 0 Å². The number of aryl methyl sites for hydroxylation is 1. The van der Waals surface area contributed by atoms with Gasteiger partial charge in [-0.3, -0.25) is 0 Å². The average molecular weight is 294 g/mol. The largest absolute Gasteiger partial charge is 0.465 e. The van der Waals surface area contributed by atoms with Gasteiger partial charge in [-0.15, -0.1) is 0 Å². The molecular formula is C15H22N2O2S. The van der Waals surface area contributed by atoms with E-state index in [9.17, 15) is 4.79 Å². The molecule has 5 heteroatoms. The number of methoxy groups -OCH3 is 1. The summed E-state index contributed by atoms with van der Waals surface area (Å²) in [5, 5.41) is 6.84. The van der Waals surface area contributed by atoms with Gasteiger partial charge in [0.1, 0.15) is 0 Å². The molecule has 0 amide bonds. The molecule has 0 fully saturated rings. The molecular weight excluding hydrogens is 272 g/mol. The third kappa shape index (κ3) is 5.17. The molecule has 1 aromatic rings. The van der Waals surface area contributed by atoms with E-state index in [0.717, 1.165) is 24.2 Å². The number of benzene rings is 1. The van der Waals surface area contributed by atoms with Crippen molar-refractivity contribution in [1.82, 2.24) is 5.32 Å². The second-order valence-electron chi connectivity index (χ2n) is 5.08. The quantitative estimate of drug-likeness (QED) is 0.645. The maximum Gasteiger partial charge on any atom is 0.337 e. The summed E-state index contributed by atoms with van der Waals surface area (Å²) in [5.74, 6) is 0.279. The van der Waals surface area contributed by atoms with Crippen LogP contribution in [-0.4, -0.2) is 24.7 Å². The highest BCUT2D eigenvalue weighted by atomic mass is 32.1. The Kier molecular flexibility index (Phi) is 6.45. The van der Waals surface area contributed by atoms with Crippen molar-refractivity contribution in [3.05, 3.63) is 29.3 Å². The molecule has 0 aliphatic carbocycles. The molecule has 0 bridgehead atoms. The minimum Gasteiger partial charge on any atom is -0.465 e. The second kappa shape index (κ2) is 7.85. The van der Waals surface area contributed by atoms with Gasteiger partial charge in [0.05, 0.1) is 12.7 Å². The molecule has 0 spiro atoms. The SMILES string of the molecule is COC(=O)c1ccc(C)c(NC(=S)NCCC(C)C)c1. The van der Waals surface area contributed by atoms with Crippen molar-refractivity contribution in [3.63, 3.8) is 0 Å². The number of ether oxygens (including phenoxy) is 1. The third-order valence-corrected chi connectivity index (χ3v) is 3.16. The zero-order chi connectivity index (χ0) is 15.1. The second-order valence-corrected chi connectivity index (χ2v) is 5.49. The van der Waals surface area contributed by atoms with Gasteiger partial charge in [0.2, 0.25) is 0 Å². The van der Waals surface area contributed by atoms with Crippen molar-refractivity contribution in [1.29, 1.82) is 0 Å². The monoisotopic (exact) mass is 294 g/mol. The van der Waals surface area contributed by atoms with Crippen molar-refractivity contribution < 1.29 is 9.53 Å². The van der Waals surface area contributed by atoms with Crippen LogP contribution in [0.3, 0.4) is 0 Å². The Morgan fingerprint density at radius 3 is 2.70 bits per heavy atom. The van der Waals surface area contributed by atoms with Gasteiger partial charge in [-0.2, -0.15) is 0 Å². The topological polar surface area (TPSA) is 50.4 Å². The van der Waals surface area contributed by atoms with E-state index in [-0.39, 0.29) is 5.97 Å². The Morgan fingerprint density at radius 1 is 1.40 bits per heavy atom. The van der Waals surface area contributed by atoms with Crippen LogP contribution >= 0.6 is 12.2 Å². The van der Waals surface area contributed by atoms with Crippen LogP contribution in [0.1, 0.15) is 36.2 Å². The predicted molar refractivity (Wildman–Crippen MR) is 86.2 cm³/mol. The lowest BCUT2D eigenvalue weighted by atomic mass is 10.1. The Hall–Kier alpha value is -1.62. The minimum atomic E-state index is -0.355. The Morgan fingerprint density at radius 2 is 2.10 bits per heavy atom. The fourth-order valence-corrected chi connectivity index (χ4v) is 1.85. The van der Waals surface area contributed by atoms with Crippen LogP contribution in [-0.2, 0) is 4.74 Å². The number of nitrogens with one attached hydrogen (secondary N) is 2. The highest BCUT2D eigenvalue weighted by Gasteiger charge is 2.08. The Labute approximate surface area is 125 Å². The van der Waals surface area contributed by atoms with Gasteiger partial charge in [-0.25, -0.2) is 4.79 Å². The number of rotatable bonds is 5. The summed E-state index contributed by atoms with van der Waals surface area (Å²) in [6, 6.07) is 5.35. The fourth-order valence-electron chi connectivity index (χ4n) is 1.64. The van der Waals surface area contributed by atoms with E-state index in [4.69, 9.17) is 17.0 Å². The molecule has 1 rings (SSSR count). The number of thiocarbonyl (C=S) groups is 1. The van der Waals surface area contributed by atoms with Gasteiger partial charge in [-0.1, -0.05) is 19.9 Å². The molecule has 0 aliphatic heterocycles. The van der Waals surface area contributed by atoms with Crippen molar-refractivity contribution in [3.8, 4) is 0 Å². The first kappa shape index (κ1) is 16.4. The third-order valence-electron chi connectivity index (χ3n) is 2.91. The van der Waals surface area contributed by atoms with Gasteiger partial charge >= 0.3 is 5.97 Å². The summed E-state index contributed by atoms with van der Waals surface area (Å²) in [5.41, 5.74) is 2.34. The summed E-state index contributed by atoms with van der Waals surface area (Å²) in [7, 11) is 1.37. The van der Waals surface area contributed by atoms with E-state index in [1.807, 2.05) is 13.0 Å². The minimum absolute atomic E-state index is 0.355. The van der Waals surface area contributed by atoms with Crippen molar-refractivity contribution in [2.24, 2.45) is 5.92 Å². The van der Waals surface area contributed by atoms with Crippen LogP contribution < -0.4 is 10.6 Å². The van der Waals surface area contributed by atoms with Gasteiger partial charge in [-0.05, 0) is 49.2 Å². The van der Waals surface area contributed by atoms with E-state index in [2.05, 4.69) is 24.5 Å². The van der Waals surface area contributed by atoms with E-state index in [1.165, 1.54) is 7.11 Å². The van der Waals surface area contributed by atoms with E-state index >= 15 is 0 Å². The maximum atomic E-state index is 11.5. The Balaban J connectivity index is 2.66. The van der Waals surface area contributed by atoms with E-state index in [0.29, 0.717) is 16.6 Å². The van der Waals surface area contributed by atoms with Gasteiger partial charge in [0.15, 0.2) is 5.11 Å². The molecule has 4 nitrogen and oxygen atoms in total. The molecule has 0 unspecified atom stereocenters. The first-order valence-corrected chi connectivity index (χ1v) is 7.08. The molecule has 2 N–H and O–H groups in total. The molecule has 0 saturated carbocycles. The summed E-state index contributed by atoms with van der Waals surface area (Å²) >= 11 is 5.25. The molecule has 20 heavy (non-hydrogen) atoms. The van der Waals surface area contributed by atoms with Gasteiger partial charge < -0.3 is 15.4 Å². The molecule has 0 saturated heterocycles. The molecule has 0 aliphatic rings. The Bertz CT molecular complexity index is 487. The van der Waals surface area contributed by atoms with Gasteiger partial charge in [0, 0.05) is 12.2 Å². The van der Waals surface area contributed by atoms with E-state index in [1.54, 1.807) is 12.1 Å². The number of esters is 1. The van der Waals surface area contributed by atoms with Crippen LogP contribution in [0.5, 0.6) is 0 Å². The number of hydrogen-bond acceptors (Lipinski definition) is 3. The zero-order valence-corrected chi connectivity index (χ0v) is 13.3. The lowest BCUT2D eigenvalue weighted by molar-refractivity contribution is 0.0601. The summed E-state index contributed by atoms with van der Waals surface area (Å²) in [6.45, 7) is 7.13. The first-order chi connectivity index (χ1) is 9.43.